The fraction of sp³-hybridized carbons (Fsp3) is 0.571. The van der Waals surface area contributed by atoms with Gasteiger partial charge in [-0.15, -0.1) is 0 Å². The zero-order chi connectivity index (χ0) is 17.8. The quantitative estimate of drug-likeness (QED) is 0.892. The van der Waals surface area contributed by atoms with Crippen molar-refractivity contribution in [3.8, 4) is 0 Å². The Morgan fingerprint density at radius 3 is 3.08 bits per heavy atom. The first-order valence-corrected chi connectivity index (χ1v) is 9.77. The molecule has 0 aromatic carbocycles. The molecule has 3 heterocycles. The Morgan fingerprint density at radius 1 is 1.31 bits per heavy atom. The van der Waals surface area contributed by atoms with Crippen molar-refractivity contribution in [2.24, 2.45) is 0 Å². The average Bonchev–Trinajstić information content (AvgIpc) is 3.07. The number of morpholine rings is 1. The summed E-state index contributed by atoms with van der Waals surface area (Å²) in [6, 6.07) is 8.65. The summed E-state index contributed by atoms with van der Waals surface area (Å²) in [4.78, 5) is 6.72. The Balaban J connectivity index is 1.42. The number of pyridine rings is 1. The lowest BCUT2D eigenvalue weighted by Gasteiger charge is -2.49. The third-order valence-corrected chi connectivity index (χ3v) is 5.72. The van der Waals surface area contributed by atoms with Gasteiger partial charge in [0.25, 0.3) is 0 Å². The molecule has 4 rings (SSSR count). The Bertz CT molecular complexity index is 698. The molecule has 2 fully saturated rings. The zero-order valence-electron chi connectivity index (χ0n) is 15.6. The van der Waals surface area contributed by atoms with E-state index in [4.69, 9.17) is 9.15 Å². The summed E-state index contributed by atoms with van der Waals surface area (Å²) in [5.41, 5.74) is 1.15. The van der Waals surface area contributed by atoms with Crippen LogP contribution in [0.1, 0.15) is 42.8 Å². The standard InChI is InChI=1S/C21H29N3O2/c1-17-7-8-19(26-17)15-24-11-12-25-21(16-24)9-3-2-6-20(21)23-14-18-5-4-10-22-13-18/h4-5,7-8,10,13,20,23H,2-3,6,9,11-12,14-16H2,1H3. The number of rotatable bonds is 5. The lowest BCUT2D eigenvalue weighted by Crippen LogP contribution is -2.63. The average molecular weight is 355 g/mol. The molecule has 0 amide bonds. The number of ether oxygens (including phenoxy) is 1. The van der Waals surface area contributed by atoms with Crippen molar-refractivity contribution in [3.05, 3.63) is 53.7 Å². The largest absolute Gasteiger partial charge is 0.465 e. The van der Waals surface area contributed by atoms with Gasteiger partial charge in [0.15, 0.2) is 0 Å². The van der Waals surface area contributed by atoms with Gasteiger partial charge < -0.3 is 14.5 Å². The topological polar surface area (TPSA) is 50.5 Å². The minimum atomic E-state index is -0.0830. The van der Waals surface area contributed by atoms with Gasteiger partial charge in [0.1, 0.15) is 11.5 Å². The summed E-state index contributed by atoms with van der Waals surface area (Å²) in [6.07, 6.45) is 8.59. The summed E-state index contributed by atoms with van der Waals surface area (Å²) < 4.78 is 12.2. The highest BCUT2D eigenvalue weighted by molar-refractivity contribution is 5.10. The predicted molar refractivity (Wildman–Crippen MR) is 101 cm³/mol. The Morgan fingerprint density at radius 2 is 2.27 bits per heavy atom. The van der Waals surface area contributed by atoms with Crippen LogP contribution >= 0.6 is 0 Å². The second-order valence-electron chi connectivity index (χ2n) is 7.68. The van der Waals surface area contributed by atoms with Crippen molar-refractivity contribution in [2.45, 2.75) is 57.3 Å². The molecule has 140 valence electrons. The van der Waals surface area contributed by atoms with E-state index in [1.165, 1.54) is 24.8 Å². The monoisotopic (exact) mass is 355 g/mol. The third-order valence-electron chi connectivity index (χ3n) is 5.72. The molecule has 1 aliphatic heterocycles. The predicted octanol–water partition coefficient (Wildman–Crippen LogP) is 3.29. The van der Waals surface area contributed by atoms with E-state index in [1.807, 2.05) is 31.5 Å². The van der Waals surface area contributed by atoms with E-state index in [-0.39, 0.29) is 5.60 Å². The van der Waals surface area contributed by atoms with Gasteiger partial charge in [0.2, 0.25) is 0 Å². The summed E-state index contributed by atoms with van der Waals surface area (Å²) in [5, 5.41) is 3.77. The highest BCUT2D eigenvalue weighted by atomic mass is 16.5. The molecule has 0 radical (unpaired) electrons. The van der Waals surface area contributed by atoms with Crippen LogP contribution in [0.5, 0.6) is 0 Å². The molecule has 5 nitrogen and oxygen atoms in total. The second-order valence-corrected chi connectivity index (χ2v) is 7.68. The molecule has 1 saturated heterocycles. The number of hydrogen-bond donors (Lipinski definition) is 1. The first kappa shape index (κ1) is 17.7. The minimum absolute atomic E-state index is 0.0830. The molecule has 2 unspecified atom stereocenters. The van der Waals surface area contributed by atoms with Gasteiger partial charge in [-0.2, -0.15) is 0 Å². The molecule has 5 heteroatoms. The van der Waals surface area contributed by atoms with Crippen LogP contribution in [-0.2, 0) is 17.8 Å². The number of aryl methyl sites for hydroxylation is 1. The Hall–Kier alpha value is -1.69. The maximum atomic E-state index is 6.43. The number of aromatic nitrogens is 1. The van der Waals surface area contributed by atoms with Gasteiger partial charge in [-0.1, -0.05) is 18.9 Å². The summed E-state index contributed by atoms with van der Waals surface area (Å²) in [6.45, 7) is 6.46. The van der Waals surface area contributed by atoms with E-state index in [2.05, 4.69) is 27.3 Å². The molecule has 1 saturated carbocycles. The van der Waals surface area contributed by atoms with Crippen LogP contribution in [0.4, 0.5) is 0 Å². The van der Waals surface area contributed by atoms with E-state index < -0.39 is 0 Å². The van der Waals surface area contributed by atoms with E-state index in [0.717, 1.165) is 50.7 Å². The number of hydrogen-bond acceptors (Lipinski definition) is 5. The van der Waals surface area contributed by atoms with Gasteiger partial charge in [-0.3, -0.25) is 9.88 Å². The van der Waals surface area contributed by atoms with Gasteiger partial charge in [0.05, 0.1) is 18.8 Å². The summed E-state index contributed by atoms with van der Waals surface area (Å²) >= 11 is 0. The normalized spacial score (nSPS) is 27.0. The molecule has 1 spiro atoms. The zero-order valence-corrected chi connectivity index (χ0v) is 15.6. The number of nitrogens with zero attached hydrogens (tertiary/aromatic N) is 2. The van der Waals surface area contributed by atoms with Gasteiger partial charge >= 0.3 is 0 Å². The Kier molecular flexibility index (Phi) is 5.38. The van der Waals surface area contributed by atoms with Crippen LogP contribution in [0.25, 0.3) is 0 Å². The van der Waals surface area contributed by atoms with E-state index in [1.54, 1.807) is 0 Å². The fourth-order valence-electron chi connectivity index (χ4n) is 4.41. The molecule has 1 N–H and O–H groups in total. The van der Waals surface area contributed by atoms with Crippen LogP contribution in [0.3, 0.4) is 0 Å². The first-order valence-electron chi connectivity index (χ1n) is 9.77. The first-order chi connectivity index (χ1) is 12.7. The number of furan rings is 1. The molecule has 0 bridgehead atoms. The maximum absolute atomic E-state index is 6.43. The molecular weight excluding hydrogens is 326 g/mol. The van der Waals surface area contributed by atoms with Gasteiger partial charge in [-0.25, -0.2) is 0 Å². The molecule has 2 atom stereocenters. The van der Waals surface area contributed by atoms with Crippen LogP contribution in [0.15, 0.2) is 41.1 Å². The molecular formula is C21H29N3O2. The third kappa shape index (κ3) is 4.00. The lowest BCUT2D eigenvalue weighted by atomic mass is 9.78. The minimum Gasteiger partial charge on any atom is -0.465 e. The van der Waals surface area contributed by atoms with Crippen molar-refractivity contribution >= 4 is 0 Å². The molecule has 26 heavy (non-hydrogen) atoms. The smallest absolute Gasteiger partial charge is 0.118 e. The van der Waals surface area contributed by atoms with Crippen LogP contribution in [0, 0.1) is 6.92 Å². The van der Waals surface area contributed by atoms with E-state index in [0.29, 0.717) is 6.04 Å². The Labute approximate surface area is 155 Å². The van der Waals surface area contributed by atoms with Crippen LogP contribution < -0.4 is 5.32 Å². The molecule has 1 aliphatic carbocycles. The van der Waals surface area contributed by atoms with Crippen molar-refractivity contribution in [1.29, 1.82) is 0 Å². The SMILES string of the molecule is Cc1ccc(CN2CCOC3(CCCCC3NCc3cccnc3)C2)o1. The summed E-state index contributed by atoms with van der Waals surface area (Å²) in [5.74, 6) is 2.03. The molecule has 2 aromatic rings. The van der Waals surface area contributed by atoms with Crippen LogP contribution in [0.2, 0.25) is 0 Å². The second kappa shape index (κ2) is 7.91. The maximum Gasteiger partial charge on any atom is 0.118 e. The lowest BCUT2D eigenvalue weighted by molar-refractivity contribution is -0.146. The molecule has 2 aliphatic rings. The fourth-order valence-corrected chi connectivity index (χ4v) is 4.41. The van der Waals surface area contributed by atoms with E-state index in [9.17, 15) is 0 Å². The summed E-state index contributed by atoms with van der Waals surface area (Å²) in [7, 11) is 0. The van der Waals surface area contributed by atoms with Crippen molar-refractivity contribution < 1.29 is 9.15 Å². The highest BCUT2D eigenvalue weighted by Crippen LogP contribution is 2.35. The molecule has 2 aromatic heterocycles. The van der Waals surface area contributed by atoms with E-state index >= 15 is 0 Å². The van der Waals surface area contributed by atoms with Crippen LogP contribution in [-0.4, -0.2) is 41.2 Å². The highest BCUT2D eigenvalue weighted by Gasteiger charge is 2.45. The van der Waals surface area contributed by atoms with Gasteiger partial charge in [-0.05, 0) is 43.5 Å². The number of nitrogens with one attached hydrogen (secondary N) is 1. The van der Waals surface area contributed by atoms with Crippen molar-refractivity contribution in [1.82, 2.24) is 15.2 Å². The van der Waals surface area contributed by atoms with Gasteiger partial charge in [0, 0.05) is 38.1 Å². The van der Waals surface area contributed by atoms with Crippen molar-refractivity contribution in [3.63, 3.8) is 0 Å². The van der Waals surface area contributed by atoms with Crippen molar-refractivity contribution in [2.75, 3.05) is 19.7 Å².